The molecule has 4 N–H and O–H groups in total. The van der Waals surface area contributed by atoms with E-state index < -0.39 is 9.84 Å². The van der Waals surface area contributed by atoms with Gasteiger partial charge in [0, 0.05) is 22.3 Å². The maximum absolute atomic E-state index is 14.6. The van der Waals surface area contributed by atoms with Crippen LogP contribution in [0.3, 0.4) is 0 Å². The highest BCUT2D eigenvalue weighted by Gasteiger charge is 2.32. The minimum atomic E-state index is -4.23. The van der Waals surface area contributed by atoms with E-state index in [1.165, 1.54) is 48.5 Å². The maximum Gasteiger partial charge on any atom is 0.207 e. The summed E-state index contributed by atoms with van der Waals surface area (Å²) in [7, 11) is -4.23. The van der Waals surface area contributed by atoms with Crippen molar-refractivity contribution in [2.45, 2.75) is 62.2 Å². The van der Waals surface area contributed by atoms with Crippen molar-refractivity contribution in [2.75, 3.05) is 0 Å². The molecule has 0 bridgehead atoms. The van der Waals surface area contributed by atoms with Crippen molar-refractivity contribution in [3.63, 3.8) is 0 Å². The number of rotatable bonds is 8. The van der Waals surface area contributed by atoms with Crippen LogP contribution in [0.25, 0.3) is 22.3 Å². The summed E-state index contributed by atoms with van der Waals surface area (Å²) in [5, 5.41) is 41.6. The lowest BCUT2D eigenvalue weighted by atomic mass is 9.89. The van der Waals surface area contributed by atoms with Crippen LogP contribution in [0.15, 0.2) is 82.6 Å². The Morgan fingerprint density at radius 2 is 0.897 bits per heavy atom. The van der Waals surface area contributed by atoms with Gasteiger partial charge in [-0.3, -0.25) is 0 Å². The lowest BCUT2D eigenvalue weighted by Gasteiger charge is -2.24. The van der Waals surface area contributed by atoms with Crippen LogP contribution < -0.4 is 0 Å². The summed E-state index contributed by atoms with van der Waals surface area (Å²) in [5.74, 6) is -0.237. The fourth-order valence-corrected chi connectivity index (χ4v) is 6.73. The summed E-state index contributed by atoms with van der Waals surface area (Å²) in [6, 6.07) is 18.1. The molecule has 4 aromatic carbocycles. The quantitative estimate of drug-likeness (QED) is 0.180. The van der Waals surface area contributed by atoms with Crippen LogP contribution in [-0.2, 0) is 9.84 Å². The Kier molecular flexibility index (Phi) is 7.93. The van der Waals surface area contributed by atoms with Crippen LogP contribution in [0.4, 0.5) is 0 Å². The molecule has 0 aliphatic carbocycles. The highest BCUT2D eigenvalue weighted by Crippen LogP contribution is 2.47. The van der Waals surface area contributed by atoms with E-state index in [-0.39, 0.29) is 44.6 Å². The van der Waals surface area contributed by atoms with E-state index in [0.29, 0.717) is 46.2 Å². The smallest absolute Gasteiger partial charge is 0.207 e. The average molecular weight is 547 g/mol. The molecule has 0 saturated carbocycles. The molecule has 4 aromatic rings. The zero-order valence-electron chi connectivity index (χ0n) is 22.5. The van der Waals surface area contributed by atoms with Gasteiger partial charge < -0.3 is 20.4 Å². The largest absolute Gasteiger partial charge is 0.508 e. The fraction of sp³-hybridized carbons (Fsp3) is 0.250. The van der Waals surface area contributed by atoms with E-state index >= 15 is 0 Å². The van der Waals surface area contributed by atoms with Crippen LogP contribution in [0.2, 0.25) is 0 Å². The first-order valence-corrected chi connectivity index (χ1v) is 14.5. The number of phenolic OH excluding ortho intramolecular Hbond substituents is 4. The van der Waals surface area contributed by atoms with Crippen molar-refractivity contribution in [3.05, 3.63) is 83.9 Å². The Bertz CT molecular complexity index is 1470. The van der Waals surface area contributed by atoms with Gasteiger partial charge in [-0.05, 0) is 84.3 Å². The van der Waals surface area contributed by atoms with Gasteiger partial charge in [0.1, 0.15) is 23.0 Å². The molecule has 0 amide bonds. The molecule has 0 aromatic heterocycles. The van der Waals surface area contributed by atoms with Crippen LogP contribution >= 0.6 is 0 Å². The molecule has 7 heteroatoms. The summed E-state index contributed by atoms with van der Waals surface area (Å²) in [4.78, 5) is 0.0317. The highest BCUT2D eigenvalue weighted by molar-refractivity contribution is 7.91. The second-order valence-corrected chi connectivity index (χ2v) is 11.8. The Balaban J connectivity index is 2.12. The average Bonchev–Trinajstić information content (AvgIpc) is 2.92. The van der Waals surface area contributed by atoms with Crippen LogP contribution in [-0.4, -0.2) is 28.8 Å². The van der Waals surface area contributed by atoms with Crippen LogP contribution in [0.5, 0.6) is 23.0 Å². The van der Waals surface area contributed by atoms with Crippen molar-refractivity contribution < 1.29 is 28.8 Å². The normalized spacial score (nSPS) is 13.2. The van der Waals surface area contributed by atoms with E-state index in [4.69, 9.17) is 0 Å². The number of aromatic hydroxyl groups is 4. The SMILES string of the molecule is CCC(C)c1c(O)ccc(S(=O)(=O)c2ccc(O)c(C(C)CC)c2-c2ccc(O)cc2)c1-c1ccc(O)cc1. The van der Waals surface area contributed by atoms with Gasteiger partial charge in [-0.25, -0.2) is 8.42 Å². The summed E-state index contributed by atoms with van der Waals surface area (Å²) >= 11 is 0. The van der Waals surface area contributed by atoms with Crippen molar-refractivity contribution >= 4 is 9.84 Å². The molecule has 4 rings (SSSR count). The monoisotopic (exact) mass is 546 g/mol. The van der Waals surface area contributed by atoms with Gasteiger partial charge in [0.15, 0.2) is 0 Å². The van der Waals surface area contributed by atoms with Gasteiger partial charge in [0.25, 0.3) is 0 Å². The summed E-state index contributed by atoms with van der Waals surface area (Å²) in [6.45, 7) is 7.79. The molecule has 39 heavy (non-hydrogen) atoms. The zero-order valence-corrected chi connectivity index (χ0v) is 23.3. The van der Waals surface area contributed by atoms with Crippen molar-refractivity contribution in [1.82, 2.24) is 0 Å². The Hall–Kier alpha value is -3.97. The maximum atomic E-state index is 14.6. The third-order valence-electron chi connectivity index (χ3n) is 7.47. The van der Waals surface area contributed by atoms with Crippen LogP contribution in [0, 0.1) is 0 Å². The molecule has 2 unspecified atom stereocenters. The molecule has 0 aliphatic rings. The van der Waals surface area contributed by atoms with Crippen molar-refractivity contribution in [1.29, 1.82) is 0 Å². The lowest BCUT2D eigenvalue weighted by molar-refractivity contribution is 0.461. The van der Waals surface area contributed by atoms with Gasteiger partial charge in [-0.2, -0.15) is 0 Å². The number of hydrogen-bond donors (Lipinski definition) is 4. The minimum absolute atomic E-state index is 0.00358. The van der Waals surface area contributed by atoms with Gasteiger partial charge in [0.2, 0.25) is 9.84 Å². The van der Waals surface area contributed by atoms with Crippen molar-refractivity contribution in [3.8, 4) is 45.3 Å². The molecule has 0 aliphatic heterocycles. The Morgan fingerprint density at radius 3 is 1.21 bits per heavy atom. The number of phenols is 4. The zero-order chi connectivity index (χ0) is 28.5. The molecule has 0 radical (unpaired) electrons. The molecule has 0 saturated heterocycles. The number of benzene rings is 4. The van der Waals surface area contributed by atoms with Gasteiger partial charge in [-0.1, -0.05) is 52.0 Å². The first kappa shape index (κ1) is 28.0. The molecule has 0 fully saturated rings. The number of hydrogen-bond acceptors (Lipinski definition) is 6. The molecule has 204 valence electrons. The Labute approximate surface area is 229 Å². The van der Waals surface area contributed by atoms with Crippen molar-refractivity contribution in [2.24, 2.45) is 0 Å². The first-order valence-electron chi connectivity index (χ1n) is 13.1. The van der Waals surface area contributed by atoms with E-state index in [0.717, 1.165) is 0 Å². The highest BCUT2D eigenvalue weighted by atomic mass is 32.2. The summed E-state index contributed by atoms with van der Waals surface area (Å²) in [5.41, 5.74) is 2.86. The van der Waals surface area contributed by atoms with Gasteiger partial charge in [-0.15, -0.1) is 0 Å². The predicted octanol–water partition coefficient (Wildman–Crippen LogP) is 7.70. The standard InChI is InChI=1S/C32H34O6S/c1-5-19(3)29-25(35)15-17-27(31(29)21-7-11-23(33)12-8-21)39(37,38)28-18-16-26(36)30(20(4)6-2)32(28)22-9-13-24(34)14-10-22/h7-20,33-36H,5-6H2,1-4H3. The fourth-order valence-electron chi connectivity index (χ4n) is 5.00. The van der Waals surface area contributed by atoms with E-state index in [1.54, 1.807) is 24.3 Å². The third kappa shape index (κ3) is 5.19. The summed E-state index contributed by atoms with van der Waals surface area (Å²) < 4.78 is 29.3. The number of sulfone groups is 1. The second kappa shape index (κ2) is 11.0. The van der Waals surface area contributed by atoms with Gasteiger partial charge in [0.05, 0.1) is 9.79 Å². The van der Waals surface area contributed by atoms with E-state index in [1.807, 2.05) is 27.7 Å². The minimum Gasteiger partial charge on any atom is -0.508 e. The Morgan fingerprint density at radius 1 is 0.564 bits per heavy atom. The molecular weight excluding hydrogens is 512 g/mol. The van der Waals surface area contributed by atoms with E-state index in [9.17, 15) is 28.8 Å². The molecule has 0 spiro atoms. The lowest BCUT2D eigenvalue weighted by Crippen LogP contribution is -2.11. The summed E-state index contributed by atoms with van der Waals surface area (Å²) in [6.07, 6.45) is 1.33. The van der Waals surface area contributed by atoms with Gasteiger partial charge >= 0.3 is 0 Å². The van der Waals surface area contributed by atoms with E-state index in [2.05, 4.69) is 0 Å². The molecule has 2 atom stereocenters. The first-order chi connectivity index (χ1) is 18.5. The topological polar surface area (TPSA) is 115 Å². The van der Waals surface area contributed by atoms with Crippen LogP contribution in [0.1, 0.15) is 63.5 Å². The molecule has 0 heterocycles. The predicted molar refractivity (Wildman–Crippen MR) is 153 cm³/mol. The second-order valence-electron chi connectivity index (χ2n) is 9.96. The third-order valence-corrected chi connectivity index (χ3v) is 9.31. The molecule has 6 nitrogen and oxygen atoms in total. The molecular formula is C32H34O6S.